The Morgan fingerprint density at radius 3 is 2.62 bits per heavy atom. The highest BCUT2D eigenvalue weighted by Crippen LogP contribution is 2.22. The van der Waals surface area contributed by atoms with E-state index in [-0.39, 0.29) is 18.0 Å². The van der Waals surface area contributed by atoms with Crippen LogP contribution in [0.15, 0.2) is 36.5 Å². The number of aromatic nitrogens is 2. The monoisotopic (exact) mass is 284 g/mol. The molecule has 0 aliphatic heterocycles. The molecule has 0 bridgehead atoms. The van der Waals surface area contributed by atoms with E-state index in [0.29, 0.717) is 5.56 Å². The molecule has 5 nitrogen and oxygen atoms in total. The smallest absolute Gasteiger partial charge is 0.255 e. The van der Waals surface area contributed by atoms with E-state index >= 15 is 0 Å². The first-order valence-corrected chi connectivity index (χ1v) is 7.39. The number of rotatable bonds is 3. The lowest BCUT2D eigenvalue weighted by Gasteiger charge is -2.26. The van der Waals surface area contributed by atoms with Gasteiger partial charge in [-0.25, -0.2) is 0 Å². The summed E-state index contributed by atoms with van der Waals surface area (Å²) >= 11 is 0. The van der Waals surface area contributed by atoms with E-state index in [1.54, 1.807) is 6.20 Å². The summed E-state index contributed by atoms with van der Waals surface area (Å²) in [6.07, 6.45) is 5.44. The maximum absolute atomic E-state index is 12.4. The number of hydrogen-bond donors (Lipinski definition) is 3. The molecule has 4 N–H and O–H groups in total. The molecule has 0 atom stereocenters. The van der Waals surface area contributed by atoms with Crippen LogP contribution in [0.4, 0.5) is 0 Å². The summed E-state index contributed by atoms with van der Waals surface area (Å²) in [7, 11) is 0. The van der Waals surface area contributed by atoms with Crippen molar-refractivity contribution >= 4 is 5.91 Å². The van der Waals surface area contributed by atoms with Gasteiger partial charge < -0.3 is 11.1 Å². The van der Waals surface area contributed by atoms with Crippen molar-refractivity contribution in [3.63, 3.8) is 0 Å². The van der Waals surface area contributed by atoms with Crippen molar-refractivity contribution in [2.24, 2.45) is 5.73 Å². The van der Waals surface area contributed by atoms with Crippen LogP contribution >= 0.6 is 0 Å². The average molecular weight is 284 g/mol. The van der Waals surface area contributed by atoms with Crippen LogP contribution in [0.3, 0.4) is 0 Å². The van der Waals surface area contributed by atoms with Crippen LogP contribution in [0.5, 0.6) is 0 Å². The highest BCUT2D eigenvalue weighted by Gasteiger charge is 2.22. The van der Waals surface area contributed by atoms with Gasteiger partial charge >= 0.3 is 0 Å². The Morgan fingerprint density at radius 1 is 1.19 bits per heavy atom. The minimum atomic E-state index is -0.0666. The molecule has 0 saturated heterocycles. The minimum Gasteiger partial charge on any atom is -0.349 e. The number of H-pyrrole nitrogens is 1. The molecule has 0 radical (unpaired) electrons. The van der Waals surface area contributed by atoms with Gasteiger partial charge in [-0.05, 0) is 25.7 Å². The maximum Gasteiger partial charge on any atom is 0.255 e. The van der Waals surface area contributed by atoms with Gasteiger partial charge in [-0.3, -0.25) is 9.89 Å². The molecule has 3 rings (SSSR count). The number of nitrogens with two attached hydrogens (primary N) is 1. The lowest BCUT2D eigenvalue weighted by molar-refractivity contribution is 0.0926. The Balaban J connectivity index is 1.73. The summed E-state index contributed by atoms with van der Waals surface area (Å²) in [4.78, 5) is 12.4. The number of nitrogens with one attached hydrogen (secondary N) is 2. The molecule has 1 heterocycles. The van der Waals surface area contributed by atoms with Crippen LogP contribution in [0, 0.1) is 0 Å². The summed E-state index contributed by atoms with van der Waals surface area (Å²) in [6.45, 7) is 0. The van der Waals surface area contributed by atoms with Gasteiger partial charge in [-0.1, -0.05) is 30.3 Å². The molecule has 1 fully saturated rings. The zero-order valence-electron chi connectivity index (χ0n) is 11.9. The highest BCUT2D eigenvalue weighted by molar-refractivity contribution is 5.99. The number of amides is 1. The Bertz CT molecular complexity index is 600. The molecule has 1 aromatic heterocycles. The standard InChI is InChI=1S/C16H20N4O/c17-12-6-8-13(9-7-12)19-16(21)14-10-18-20-15(14)11-4-2-1-3-5-11/h1-5,10,12-13H,6-9,17H2,(H,18,20)(H,19,21). The summed E-state index contributed by atoms with van der Waals surface area (Å²) in [5.41, 5.74) is 8.22. The third-order valence-corrected chi connectivity index (χ3v) is 4.05. The second-order valence-electron chi connectivity index (χ2n) is 5.61. The number of carbonyl (C=O) groups excluding carboxylic acids is 1. The molecule has 1 saturated carbocycles. The van der Waals surface area contributed by atoms with Crippen molar-refractivity contribution in [2.45, 2.75) is 37.8 Å². The van der Waals surface area contributed by atoms with Gasteiger partial charge in [0.15, 0.2) is 0 Å². The zero-order chi connectivity index (χ0) is 14.7. The van der Waals surface area contributed by atoms with Crippen molar-refractivity contribution in [3.05, 3.63) is 42.1 Å². The first-order valence-electron chi connectivity index (χ1n) is 7.39. The fourth-order valence-corrected chi connectivity index (χ4v) is 2.81. The van der Waals surface area contributed by atoms with Crippen LogP contribution in [-0.4, -0.2) is 28.2 Å². The molecule has 1 aromatic carbocycles. The maximum atomic E-state index is 12.4. The van der Waals surface area contributed by atoms with Crippen LogP contribution in [0.2, 0.25) is 0 Å². The summed E-state index contributed by atoms with van der Waals surface area (Å²) in [5, 5.41) is 10.0. The first kappa shape index (κ1) is 13.8. The largest absolute Gasteiger partial charge is 0.349 e. The predicted molar refractivity (Wildman–Crippen MR) is 81.7 cm³/mol. The predicted octanol–water partition coefficient (Wildman–Crippen LogP) is 2.08. The average Bonchev–Trinajstić information content (AvgIpc) is 3.00. The zero-order valence-corrected chi connectivity index (χ0v) is 11.9. The van der Waals surface area contributed by atoms with Gasteiger partial charge in [0.1, 0.15) is 0 Å². The quantitative estimate of drug-likeness (QED) is 0.806. The molecule has 0 unspecified atom stereocenters. The molecule has 21 heavy (non-hydrogen) atoms. The number of nitrogens with zero attached hydrogens (tertiary/aromatic N) is 1. The number of benzene rings is 1. The minimum absolute atomic E-state index is 0.0666. The summed E-state index contributed by atoms with van der Waals surface area (Å²) < 4.78 is 0. The van der Waals surface area contributed by atoms with E-state index < -0.39 is 0 Å². The van der Waals surface area contributed by atoms with Crippen molar-refractivity contribution in [1.82, 2.24) is 15.5 Å². The number of hydrogen-bond acceptors (Lipinski definition) is 3. The van der Waals surface area contributed by atoms with Crippen molar-refractivity contribution in [1.29, 1.82) is 0 Å². The number of carbonyl (C=O) groups is 1. The highest BCUT2D eigenvalue weighted by atomic mass is 16.1. The van der Waals surface area contributed by atoms with Crippen LogP contribution in [0.1, 0.15) is 36.0 Å². The van der Waals surface area contributed by atoms with E-state index in [9.17, 15) is 4.79 Å². The Hall–Kier alpha value is -2.14. The van der Waals surface area contributed by atoms with E-state index in [1.807, 2.05) is 30.3 Å². The molecule has 110 valence electrons. The molecule has 1 aliphatic rings. The second-order valence-corrected chi connectivity index (χ2v) is 5.61. The fraction of sp³-hybridized carbons (Fsp3) is 0.375. The molecule has 5 heteroatoms. The Kier molecular flexibility index (Phi) is 4.01. The third-order valence-electron chi connectivity index (χ3n) is 4.05. The fourth-order valence-electron chi connectivity index (χ4n) is 2.81. The van der Waals surface area contributed by atoms with Gasteiger partial charge in [-0.2, -0.15) is 5.10 Å². The molecule has 0 spiro atoms. The second kappa shape index (κ2) is 6.10. The van der Waals surface area contributed by atoms with Crippen LogP contribution < -0.4 is 11.1 Å². The van der Waals surface area contributed by atoms with Crippen molar-refractivity contribution in [2.75, 3.05) is 0 Å². The molecule has 1 aliphatic carbocycles. The lowest BCUT2D eigenvalue weighted by Crippen LogP contribution is -2.40. The SMILES string of the molecule is NC1CCC(NC(=O)c2cn[nH]c2-c2ccccc2)CC1. The first-order chi connectivity index (χ1) is 10.2. The van der Waals surface area contributed by atoms with Gasteiger partial charge in [0.05, 0.1) is 17.5 Å². The van der Waals surface area contributed by atoms with Gasteiger partial charge in [0, 0.05) is 17.6 Å². The molecular formula is C16H20N4O. The Morgan fingerprint density at radius 2 is 1.90 bits per heavy atom. The normalized spacial score (nSPS) is 22.0. The topological polar surface area (TPSA) is 83.8 Å². The molecule has 2 aromatic rings. The van der Waals surface area contributed by atoms with Gasteiger partial charge in [-0.15, -0.1) is 0 Å². The summed E-state index contributed by atoms with van der Waals surface area (Å²) in [5.74, 6) is -0.0666. The van der Waals surface area contributed by atoms with Crippen LogP contribution in [0.25, 0.3) is 11.3 Å². The van der Waals surface area contributed by atoms with E-state index in [1.165, 1.54) is 0 Å². The van der Waals surface area contributed by atoms with E-state index in [2.05, 4.69) is 15.5 Å². The lowest BCUT2D eigenvalue weighted by atomic mass is 9.91. The summed E-state index contributed by atoms with van der Waals surface area (Å²) in [6, 6.07) is 10.3. The van der Waals surface area contributed by atoms with Crippen molar-refractivity contribution < 1.29 is 4.79 Å². The molecular weight excluding hydrogens is 264 g/mol. The van der Waals surface area contributed by atoms with E-state index in [4.69, 9.17) is 5.73 Å². The van der Waals surface area contributed by atoms with Crippen LogP contribution in [-0.2, 0) is 0 Å². The van der Waals surface area contributed by atoms with Gasteiger partial charge in [0.2, 0.25) is 0 Å². The number of aromatic amines is 1. The van der Waals surface area contributed by atoms with Gasteiger partial charge in [0.25, 0.3) is 5.91 Å². The van der Waals surface area contributed by atoms with E-state index in [0.717, 1.165) is 36.9 Å². The molecule has 1 amide bonds. The van der Waals surface area contributed by atoms with Crippen molar-refractivity contribution in [3.8, 4) is 11.3 Å². The third kappa shape index (κ3) is 3.13. The Labute approximate surface area is 123 Å².